The molecule has 0 aromatic carbocycles. The van der Waals surface area contributed by atoms with Gasteiger partial charge in [0.2, 0.25) is 0 Å². The molecular formula is C14H21N5O. The Morgan fingerprint density at radius 3 is 2.90 bits per heavy atom. The maximum atomic E-state index is 5.84. The first-order valence-corrected chi connectivity index (χ1v) is 6.99. The average Bonchev–Trinajstić information content (AvgIpc) is 2.99. The zero-order valence-corrected chi connectivity index (χ0v) is 12.1. The van der Waals surface area contributed by atoms with Crippen molar-refractivity contribution in [2.75, 3.05) is 19.7 Å². The van der Waals surface area contributed by atoms with Gasteiger partial charge >= 0.3 is 0 Å². The Labute approximate surface area is 118 Å². The van der Waals surface area contributed by atoms with Gasteiger partial charge in [0, 0.05) is 44.6 Å². The highest BCUT2D eigenvalue weighted by molar-refractivity contribution is 5.03. The monoisotopic (exact) mass is 275 g/mol. The van der Waals surface area contributed by atoms with Gasteiger partial charge in [0.05, 0.1) is 31.6 Å². The average molecular weight is 275 g/mol. The van der Waals surface area contributed by atoms with Gasteiger partial charge in [0.25, 0.3) is 0 Å². The quantitative estimate of drug-likeness (QED) is 0.829. The van der Waals surface area contributed by atoms with Gasteiger partial charge in [0.1, 0.15) is 0 Å². The molecule has 2 aromatic heterocycles. The topological polar surface area (TPSA) is 48.1 Å². The molecule has 0 spiro atoms. The zero-order chi connectivity index (χ0) is 13.9. The Bertz CT molecular complexity index is 513. The smallest absolute Gasteiger partial charge is 0.0898 e. The maximum absolute atomic E-state index is 5.84. The molecule has 6 heteroatoms. The number of morpholine rings is 1. The van der Waals surface area contributed by atoms with E-state index in [4.69, 9.17) is 4.74 Å². The van der Waals surface area contributed by atoms with Crippen LogP contribution in [0.1, 0.15) is 11.1 Å². The summed E-state index contributed by atoms with van der Waals surface area (Å²) in [6, 6.07) is 0. The van der Waals surface area contributed by atoms with E-state index in [-0.39, 0.29) is 6.10 Å². The maximum Gasteiger partial charge on any atom is 0.0898 e. The molecule has 1 atom stereocenters. The molecule has 0 radical (unpaired) electrons. The lowest BCUT2D eigenvalue weighted by Gasteiger charge is -2.32. The number of hydrogen-bond acceptors (Lipinski definition) is 4. The molecule has 3 heterocycles. The van der Waals surface area contributed by atoms with Crippen LogP contribution in [0.2, 0.25) is 0 Å². The first-order chi connectivity index (χ1) is 9.69. The van der Waals surface area contributed by atoms with E-state index in [1.165, 1.54) is 11.1 Å². The van der Waals surface area contributed by atoms with Crippen LogP contribution >= 0.6 is 0 Å². The van der Waals surface area contributed by atoms with Crippen LogP contribution in [0.4, 0.5) is 0 Å². The molecule has 20 heavy (non-hydrogen) atoms. The van der Waals surface area contributed by atoms with Crippen molar-refractivity contribution in [3.8, 4) is 0 Å². The van der Waals surface area contributed by atoms with Gasteiger partial charge in [-0.1, -0.05) is 0 Å². The molecule has 0 amide bonds. The second-order valence-corrected chi connectivity index (χ2v) is 5.49. The lowest BCUT2D eigenvalue weighted by molar-refractivity contribution is -0.0402. The van der Waals surface area contributed by atoms with E-state index >= 15 is 0 Å². The van der Waals surface area contributed by atoms with Crippen LogP contribution in [-0.2, 0) is 24.9 Å². The van der Waals surface area contributed by atoms with Crippen molar-refractivity contribution < 1.29 is 4.74 Å². The van der Waals surface area contributed by atoms with Gasteiger partial charge in [-0.15, -0.1) is 0 Å². The molecule has 1 saturated heterocycles. The highest BCUT2D eigenvalue weighted by Crippen LogP contribution is 2.11. The summed E-state index contributed by atoms with van der Waals surface area (Å²) in [5.74, 6) is 0. The summed E-state index contributed by atoms with van der Waals surface area (Å²) in [5, 5.41) is 8.54. The Morgan fingerprint density at radius 1 is 1.30 bits per heavy atom. The highest BCUT2D eigenvalue weighted by Gasteiger charge is 2.21. The van der Waals surface area contributed by atoms with Crippen molar-refractivity contribution in [2.45, 2.75) is 26.1 Å². The van der Waals surface area contributed by atoms with E-state index in [0.717, 1.165) is 32.8 Å². The van der Waals surface area contributed by atoms with Crippen molar-refractivity contribution in [3.63, 3.8) is 0 Å². The van der Waals surface area contributed by atoms with Crippen molar-refractivity contribution >= 4 is 0 Å². The first-order valence-electron chi connectivity index (χ1n) is 6.99. The fraction of sp³-hybridized carbons (Fsp3) is 0.571. The van der Waals surface area contributed by atoms with Gasteiger partial charge in [-0.05, 0) is 12.5 Å². The van der Waals surface area contributed by atoms with E-state index in [0.29, 0.717) is 0 Å². The van der Waals surface area contributed by atoms with Gasteiger partial charge in [0.15, 0.2) is 0 Å². The number of ether oxygens (including phenoxy) is 1. The number of aryl methyl sites for hydroxylation is 2. The van der Waals surface area contributed by atoms with E-state index in [2.05, 4.69) is 34.4 Å². The van der Waals surface area contributed by atoms with Crippen molar-refractivity contribution in [2.24, 2.45) is 7.05 Å². The van der Waals surface area contributed by atoms with Gasteiger partial charge in [-0.3, -0.25) is 14.3 Å². The normalized spacial score (nSPS) is 20.4. The van der Waals surface area contributed by atoms with E-state index in [1.807, 2.05) is 28.8 Å². The fourth-order valence-corrected chi connectivity index (χ4v) is 2.62. The minimum atomic E-state index is 0.208. The summed E-state index contributed by atoms with van der Waals surface area (Å²) in [6.07, 6.45) is 8.15. The highest BCUT2D eigenvalue weighted by atomic mass is 16.5. The van der Waals surface area contributed by atoms with E-state index in [1.54, 1.807) is 0 Å². The van der Waals surface area contributed by atoms with Gasteiger partial charge in [-0.2, -0.15) is 10.2 Å². The predicted molar refractivity (Wildman–Crippen MR) is 75.2 cm³/mol. The molecule has 1 aliphatic heterocycles. The van der Waals surface area contributed by atoms with Crippen molar-refractivity contribution in [3.05, 3.63) is 35.9 Å². The van der Waals surface area contributed by atoms with Crippen molar-refractivity contribution in [1.29, 1.82) is 0 Å². The van der Waals surface area contributed by atoms with Crippen LogP contribution in [0.25, 0.3) is 0 Å². The molecule has 6 nitrogen and oxygen atoms in total. The van der Waals surface area contributed by atoms with Crippen LogP contribution < -0.4 is 0 Å². The minimum Gasteiger partial charge on any atom is -0.374 e. The molecular weight excluding hydrogens is 254 g/mol. The molecule has 0 saturated carbocycles. The van der Waals surface area contributed by atoms with Crippen LogP contribution in [0.15, 0.2) is 24.8 Å². The zero-order valence-electron chi connectivity index (χ0n) is 12.1. The Morgan fingerprint density at radius 2 is 2.20 bits per heavy atom. The van der Waals surface area contributed by atoms with Crippen LogP contribution in [-0.4, -0.2) is 50.3 Å². The molecule has 0 bridgehead atoms. The Kier molecular flexibility index (Phi) is 3.84. The number of hydrogen-bond donors (Lipinski definition) is 0. The van der Waals surface area contributed by atoms with Gasteiger partial charge in [-0.25, -0.2) is 0 Å². The standard InChI is InChI=1S/C14H21N5O/c1-12-5-16-19(7-12)11-14-10-18(3-4-20-14)9-13-6-15-17(2)8-13/h5-8,14H,3-4,9-11H2,1-2H3/t14-/m1/s1. The third-order valence-electron chi connectivity index (χ3n) is 3.54. The second-order valence-electron chi connectivity index (χ2n) is 5.49. The minimum absolute atomic E-state index is 0.208. The number of aromatic nitrogens is 4. The molecule has 0 aliphatic carbocycles. The lowest BCUT2D eigenvalue weighted by atomic mass is 10.2. The van der Waals surface area contributed by atoms with Crippen LogP contribution in [0, 0.1) is 6.92 Å². The summed E-state index contributed by atoms with van der Waals surface area (Å²) >= 11 is 0. The third-order valence-corrected chi connectivity index (χ3v) is 3.54. The largest absolute Gasteiger partial charge is 0.374 e. The summed E-state index contributed by atoms with van der Waals surface area (Å²) in [6.45, 7) is 6.51. The Balaban J connectivity index is 1.56. The van der Waals surface area contributed by atoms with Crippen LogP contribution in [0.3, 0.4) is 0 Å². The molecule has 0 unspecified atom stereocenters. The van der Waals surface area contributed by atoms with E-state index < -0.39 is 0 Å². The summed E-state index contributed by atoms with van der Waals surface area (Å²) in [5.41, 5.74) is 2.44. The molecule has 108 valence electrons. The number of nitrogens with zero attached hydrogens (tertiary/aromatic N) is 5. The summed E-state index contributed by atoms with van der Waals surface area (Å²) in [4.78, 5) is 2.42. The second kappa shape index (κ2) is 5.76. The molecule has 2 aromatic rings. The lowest BCUT2D eigenvalue weighted by Crippen LogP contribution is -2.43. The van der Waals surface area contributed by atoms with E-state index in [9.17, 15) is 0 Å². The first kappa shape index (κ1) is 13.3. The van der Waals surface area contributed by atoms with Gasteiger partial charge < -0.3 is 4.74 Å². The molecule has 3 rings (SSSR count). The Hall–Kier alpha value is -1.66. The van der Waals surface area contributed by atoms with Crippen molar-refractivity contribution in [1.82, 2.24) is 24.5 Å². The summed E-state index contributed by atoms with van der Waals surface area (Å²) in [7, 11) is 1.95. The molecule has 1 aliphatic rings. The van der Waals surface area contributed by atoms with Crippen LogP contribution in [0.5, 0.6) is 0 Å². The predicted octanol–water partition coefficient (Wildman–Crippen LogP) is 0.826. The molecule has 0 N–H and O–H groups in total. The molecule has 1 fully saturated rings. The fourth-order valence-electron chi connectivity index (χ4n) is 2.62. The number of rotatable bonds is 4. The third kappa shape index (κ3) is 3.26. The SMILES string of the molecule is Cc1cnn(C[C@H]2CN(Cc3cnn(C)c3)CCO2)c1. The summed E-state index contributed by atoms with van der Waals surface area (Å²) < 4.78 is 9.65.